The van der Waals surface area contributed by atoms with Crippen LogP contribution in [0.15, 0.2) is 42.5 Å². The van der Waals surface area contributed by atoms with Crippen molar-refractivity contribution in [1.29, 1.82) is 10.5 Å². The van der Waals surface area contributed by atoms with Gasteiger partial charge in [-0.2, -0.15) is 10.5 Å². The van der Waals surface area contributed by atoms with E-state index in [4.69, 9.17) is 11.5 Å². The van der Waals surface area contributed by atoms with Crippen molar-refractivity contribution in [2.24, 2.45) is 0 Å². The highest BCUT2D eigenvalue weighted by Gasteiger charge is 2.17. The van der Waals surface area contributed by atoms with Gasteiger partial charge in [0.05, 0.1) is 22.6 Å². The average molecular weight is 470 g/mol. The van der Waals surface area contributed by atoms with Crippen LogP contribution in [0.1, 0.15) is 49.6 Å². The molecule has 0 atom stereocenters. The summed E-state index contributed by atoms with van der Waals surface area (Å²) in [4.78, 5) is 15.2. The van der Waals surface area contributed by atoms with Crippen LogP contribution in [0.2, 0.25) is 0 Å². The molecule has 0 fully saturated rings. The first-order valence-corrected chi connectivity index (χ1v) is 11.4. The number of pyridine rings is 1. The Morgan fingerprint density at radius 1 is 1.00 bits per heavy atom. The zero-order valence-electron chi connectivity index (χ0n) is 20.6. The number of anilines is 4. The van der Waals surface area contributed by atoms with Gasteiger partial charge in [-0.1, -0.05) is 32.0 Å². The van der Waals surface area contributed by atoms with Gasteiger partial charge in [-0.3, -0.25) is 4.79 Å². The van der Waals surface area contributed by atoms with Crippen molar-refractivity contribution in [3.63, 3.8) is 0 Å². The molecular formula is C27H31N7O. The summed E-state index contributed by atoms with van der Waals surface area (Å²) >= 11 is 0. The third kappa shape index (κ3) is 6.72. The van der Waals surface area contributed by atoms with Crippen molar-refractivity contribution in [2.75, 3.05) is 28.6 Å². The molecule has 0 saturated heterocycles. The molecule has 2 aromatic carbocycles. The lowest BCUT2D eigenvalue weighted by Crippen LogP contribution is -2.11. The lowest BCUT2D eigenvalue weighted by Gasteiger charge is -2.12. The SMILES string of the molecule is CCC(=O)Nc1ccc(CC)cc1N.CCNc1ccc(-c2c(C#N)c(C)nc(N)c2C#N)cc1. The van der Waals surface area contributed by atoms with Crippen molar-refractivity contribution >= 4 is 28.8 Å². The Bertz CT molecular complexity index is 1230. The van der Waals surface area contributed by atoms with Crippen molar-refractivity contribution < 1.29 is 4.79 Å². The lowest BCUT2D eigenvalue weighted by atomic mass is 9.95. The minimum Gasteiger partial charge on any atom is -0.397 e. The third-order valence-corrected chi connectivity index (χ3v) is 5.30. The summed E-state index contributed by atoms with van der Waals surface area (Å²) in [6.07, 6.45) is 1.42. The number of hydrogen-bond acceptors (Lipinski definition) is 7. The molecule has 3 rings (SSSR count). The van der Waals surface area contributed by atoms with Crippen LogP contribution in [0.4, 0.5) is 22.9 Å². The van der Waals surface area contributed by atoms with Gasteiger partial charge in [0.15, 0.2) is 0 Å². The summed E-state index contributed by atoms with van der Waals surface area (Å²) in [5.74, 6) is 0.140. The van der Waals surface area contributed by atoms with Crippen LogP contribution in [0.3, 0.4) is 0 Å². The van der Waals surface area contributed by atoms with E-state index >= 15 is 0 Å². The summed E-state index contributed by atoms with van der Waals surface area (Å²) in [5, 5.41) is 24.6. The fourth-order valence-electron chi connectivity index (χ4n) is 3.41. The molecule has 0 bridgehead atoms. The van der Waals surface area contributed by atoms with E-state index in [2.05, 4.69) is 28.6 Å². The predicted molar refractivity (Wildman–Crippen MR) is 142 cm³/mol. The van der Waals surface area contributed by atoms with Gasteiger partial charge in [0.2, 0.25) is 5.91 Å². The number of benzene rings is 2. The molecule has 8 heteroatoms. The van der Waals surface area contributed by atoms with E-state index in [0.717, 1.165) is 24.2 Å². The van der Waals surface area contributed by atoms with Crippen molar-refractivity contribution in [3.05, 3.63) is 64.8 Å². The van der Waals surface area contributed by atoms with Gasteiger partial charge in [-0.15, -0.1) is 0 Å². The van der Waals surface area contributed by atoms with Crippen molar-refractivity contribution in [3.8, 4) is 23.3 Å². The van der Waals surface area contributed by atoms with E-state index in [0.29, 0.717) is 34.6 Å². The molecular weight excluding hydrogens is 438 g/mol. The first kappa shape index (κ1) is 26.7. The number of hydrogen-bond donors (Lipinski definition) is 4. The minimum atomic E-state index is -0.0130. The summed E-state index contributed by atoms with van der Waals surface area (Å²) in [6.45, 7) is 8.44. The molecule has 0 aliphatic heterocycles. The molecule has 180 valence electrons. The Kier molecular flexibility index (Phi) is 9.62. The van der Waals surface area contributed by atoms with E-state index in [1.54, 1.807) is 6.92 Å². The fourth-order valence-corrected chi connectivity index (χ4v) is 3.41. The highest BCUT2D eigenvalue weighted by atomic mass is 16.1. The second-order valence-electron chi connectivity index (χ2n) is 7.72. The van der Waals surface area contributed by atoms with Crippen LogP contribution in [0.5, 0.6) is 0 Å². The Morgan fingerprint density at radius 2 is 1.66 bits per heavy atom. The molecule has 1 heterocycles. The smallest absolute Gasteiger partial charge is 0.224 e. The van der Waals surface area contributed by atoms with Gasteiger partial charge in [0, 0.05) is 24.2 Å². The quantitative estimate of drug-likeness (QED) is 0.371. The second-order valence-corrected chi connectivity index (χ2v) is 7.72. The van der Waals surface area contributed by atoms with Gasteiger partial charge in [0.1, 0.15) is 23.5 Å². The Balaban J connectivity index is 0.000000269. The highest BCUT2D eigenvalue weighted by molar-refractivity contribution is 5.93. The number of carbonyl (C=O) groups is 1. The predicted octanol–water partition coefficient (Wildman–Crippen LogP) is 4.99. The molecule has 6 N–H and O–H groups in total. The minimum absolute atomic E-state index is 0.0130. The number of nitrogens with zero attached hydrogens (tertiary/aromatic N) is 3. The Morgan fingerprint density at radius 3 is 2.17 bits per heavy atom. The third-order valence-electron chi connectivity index (χ3n) is 5.30. The van der Waals surface area contributed by atoms with Gasteiger partial charge >= 0.3 is 0 Å². The Hall–Kier alpha value is -4.56. The number of nitrogens with one attached hydrogen (secondary N) is 2. The first-order chi connectivity index (χ1) is 16.8. The maximum atomic E-state index is 11.1. The average Bonchev–Trinajstić information content (AvgIpc) is 2.86. The van der Waals surface area contributed by atoms with Crippen LogP contribution in [0, 0.1) is 29.6 Å². The summed E-state index contributed by atoms with van der Waals surface area (Å²) in [6, 6.07) is 17.4. The number of nitrogen functional groups attached to an aromatic ring is 2. The van der Waals surface area contributed by atoms with Crippen LogP contribution in [0.25, 0.3) is 11.1 Å². The molecule has 0 spiro atoms. The number of nitrogens with two attached hydrogens (primary N) is 2. The van der Waals surface area contributed by atoms with Crippen molar-refractivity contribution in [1.82, 2.24) is 4.98 Å². The summed E-state index contributed by atoms with van der Waals surface area (Å²) in [7, 11) is 0. The molecule has 3 aromatic rings. The maximum absolute atomic E-state index is 11.1. The number of aryl methyl sites for hydroxylation is 2. The van der Waals surface area contributed by atoms with Crippen LogP contribution in [-0.4, -0.2) is 17.4 Å². The molecule has 1 aromatic heterocycles. The number of nitriles is 2. The molecule has 0 aliphatic rings. The van der Waals surface area contributed by atoms with E-state index in [1.807, 2.05) is 62.4 Å². The molecule has 0 aliphatic carbocycles. The first-order valence-electron chi connectivity index (χ1n) is 11.4. The number of carbonyl (C=O) groups excluding carboxylic acids is 1. The van der Waals surface area contributed by atoms with Crippen molar-refractivity contribution in [2.45, 2.75) is 40.5 Å². The molecule has 1 amide bonds. The van der Waals surface area contributed by atoms with Crippen LogP contribution >= 0.6 is 0 Å². The number of rotatable bonds is 6. The summed E-state index contributed by atoms with van der Waals surface area (Å²) < 4.78 is 0. The normalized spacial score (nSPS) is 9.77. The number of amides is 1. The molecule has 0 unspecified atom stereocenters. The molecule has 8 nitrogen and oxygen atoms in total. The van der Waals surface area contributed by atoms with Gasteiger partial charge in [0.25, 0.3) is 0 Å². The fraction of sp³-hybridized carbons (Fsp3) is 0.259. The monoisotopic (exact) mass is 469 g/mol. The standard InChI is InChI=1S/C16H15N5.C11H16N2O/c1-3-20-12-6-4-11(5-7-12)15-13(8-17)10(2)21-16(19)14(15)9-18;1-3-8-5-6-10(9(12)7-8)13-11(14)4-2/h4-7,20H,3H2,1-2H3,(H2,19,21);5-7H,3-4,12H2,1-2H3,(H,13,14). The Labute approximate surface area is 206 Å². The van der Waals surface area contributed by atoms with E-state index in [-0.39, 0.29) is 17.3 Å². The lowest BCUT2D eigenvalue weighted by molar-refractivity contribution is -0.115. The van der Waals surface area contributed by atoms with Gasteiger partial charge < -0.3 is 22.1 Å². The molecule has 0 saturated carbocycles. The summed E-state index contributed by atoms with van der Waals surface area (Å²) in [5.41, 5.74) is 17.6. The topological polar surface area (TPSA) is 154 Å². The maximum Gasteiger partial charge on any atom is 0.224 e. The largest absolute Gasteiger partial charge is 0.397 e. The second kappa shape index (κ2) is 12.6. The van der Waals surface area contributed by atoms with E-state index in [9.17, 15) is 15.3 Å². The molecule has 0 radical (unpaired) electrons. The van der Waals surface area contributed by atoms with E-state index in [1.165, 1.54) is 5.56 Å². The van der Waals surface area contributed by atoms with Gasteiger partial charge in [-0.25, -0.2) is 4.98 Å². The zero-order chi connectivity index (χ0) is 26.0. The van der Waals surface area contributed by atoms with Gasteiger partial charge in [-0.05, 0) is 55.7 Å². The van der Waals surface area contributed by atoms with Crippen LogP contribution in [-0.2, 0) is 11.2 Å². The number of aromatic nitrogens is 1. The molecule has 35 heavy (non-hydrogen) atoms. The van der Waals surface area contributed by atoms with Crippen LogP contribution < -0.4 is 22.1 Å². The highest BCUT2D eigenvalue weighted by Crippen LogP contribution is 2.32. The zero-order valence-corrected chi connectivity index (χ0v) is 20.6. The van der Waals surface area contributed by atoms with E-state index < -0.39 is 0 Å².